The van der Waals surface area contributed by atoms with E-state index in [1.165, 1.54) is 29.5 Å². The van der Waals surface area contributed by atoms with Crippen LogP contribution in [0.1, 0.15) is 43.7 Å². The van der Waals surface area contributed by atoms with Gasteiger partial charge in [0, 0.05) is 23.3 Å². The van der Waals surface area contributed by atoms with Crippen LogP contribution in [0, 0.1) is 6.92 Å². The predicted octanol–water partition coefficient (Wildman–Crippen LogP) is 5.51. The summed E-state index contributed by atoms with van der Waals surface area (Å²) in [5.41, 5.74) is 5.97. The topological polar surface area (TPSA) is 25.8 Å². The Labute approximate surface area is 132 Å². The lowest BCUT2D eigenvalue weighted by atomic mass is 9.90. The molecule has 0 amide bonds. The van der Waals surface area contributed by atoms with E-state index in [2.05, 4.69) is 56.1 Å². The van der Waals surface area contributed by atoms with Crippen LogP contribution in [0.15, 0.2) is 48.8 Å². The molecule has 0 saturated heterocycles. The Balaban J connectivity index is 2.09. The summed E-state index contributed by atoms with van der Waals surface area (Å²) < 4.78 is 0. The largest absolute Gasteiger partial charge is 0.264 e. The van der Waals surface area contributed by atoms with E-state index < -0.39 is 0 Å². The highest BCUT2D eigenvalue weighted by Gasteiger charge is 2.10. The van der Waals surface area contributed by atoms with E-state index in [9.17, 15) is 0 Å². The van der Waals surface area contributed by atoms with Gasteiger partial charge in [-0.25, -0.2) is 4.98 Å². The van der Waals surface area contributed by atoms with Crippen molar-refractivity contribution in [3.63, 3.8) is 0 Å². The molecule has 0 N–H and O–H groups in total. The number of rotatable bonds is 4. The average Bonchev–Trinajstić information content (AvgIpc) is 2.55. The van der Waals surface area contributed by atoms with Crippen molar-refractivity contribution < 1.29 is 0 Å². The molecular weight excluding hydrogens is 268 g/mol. The molecular formula is C20H22N2. The molecule has 0 bridgehead atoms. The van der Waals surface area contributed by atoms with E-state index >= 15 is 0 Å². The SMILES string of the molecule is CCC(CC)c1cc(C)cc(-c2ccc3cnccc3n2)c1. The zero-order valence-electron chi connectivity index (χ0n) is 13.5. The lowest BCUT2D eigenvalue weighted by Gasteiger charge is -2.15. The molecule has 112 valence electrons. The molecule has 0 spiro atoms. The Morgan fingerprint density at radius 1 is 1.00 bits per heavy atom. The number of fused-ring (bicyclic) bond motifs is 1. The van der Waals surface area contributed by atoms with Crippen molar-refractivity contribution in [1.29, 1.82) is 0 Å². The highest BCUT2D eigenvalue weighted by Crippen LogP contribution is 2.29. The minimum Gasteiger partial charge on any atom is -0.264 e. The summed E-state index contributed by atoms with van der Waals surface area (Å²) >= 11 is 0. The summed E-state index contributed by atoms with van der Waals surface area (Å²) in [4.78, 5) is 8.95. The van der Waals surface area contributed by atoms with Crippen LogP contribution in [0.25, 0.3) is 22.2 Å². The first-order valence-corrected chi connectivity index (χ1v) is 8.04. The maximum absolute atomic E-state index is 4.80. The number of aromatic nitrogens is 2. The van der Waals surface area contributed by atoms with Crippen molar-refractivity contribution in [3.8, 4) is 11.3 Å². The van der Waals surface area contributed by atoms with Crippen LogP contribution in [-0.4, -0.2) is 9.97 Å². The van der Waals surface area contributed by atoms with Crippen molar-refractivity contribution in [2.45, 2.75) is 39.5 Å². The zero-order valence-corrected chi connectivity index (χ0v) is 13.5. The van der Waals surface area contributed by atoms with Gasteiger partial charge >= 0.3 is 0 Å². The summed E-state index contributed by atoms with van der Waals surface area (Å²) in [7, 11) is 0. The smallest absolute Gasteiger partial charge is 0.0740 e. The monoisotopic (exact) mass is 290 g/mol. The predicted molar refractivity (Wildman–Crippen MR) is 93.0 cm³/mol. The lowest BCUT2D eigenvalue weighted by molar-refractivity contribution is 0.641. The van der Waals surface area contributed by atoms with Gasteiger partial charge in [0.1, 0.15) is 0 Å². The standard InChI is InChI=1S/C20H22N2/c1-4-15(5-2)17-10-14(3)11-18(12-17)19-7-6-16-13-21-9-8-20(16)22-19/h6-13,15H,4-5H2,1-3H3. The molecule has 2 heteroatoms. The zero-order chi connectivity index (χ0) is 15.5. The Bertz CT molecular complexity index is 789. The quantitative estimate of drug-likeness (QED) is 0.633. The van der Waals surface area contributed by atoms with Crippen molar-refractivity contribution >= 4 is 10.9 Å². The minimum absolute atomic E-state index is 0.628. The molecule has 1 aromatic carbocycles. The van der Waals surface area contributed by atoms with Crippen molar-refractivity contribution in [3.05, 3.63) is 59.9 Å². The van der Waals surface area contributed by atoms with Crippen LogP contribution in [-0.2, 0) is 0 Å². The van der Waals surface area contributed by atoms with Gasteiger partial charge in [0.15, 0.2) is 0 Å². The summed E-state index contributed by atoms with van der Waals surface area (Å²) in [6.45, 7) is 6.69. The number of aryl methyl sites for hydroxylation is 1. The van der Waals surface area contributed by atoms with Gasteiger partial charge in [-0.05, 0) is 61.6 Å². The van der Waals surface area contributed by atoms with E-state index in [4.69, 9.17) is 4.98 Å². The fraction of sp³-hybridized carbons (Fsp3) is 0.300. The Morgan fingerprint density at radius 3 is 2.59 bits per heavy atom. The summed E-state index contributed by atoms with van der Waals surface area (Å²) in [5, 5.41) is 1.08. The minimum atomic E-state index is 0.628. The normalized spacial score (nSPS) is 11.3. The molecule has 22 heavy (non-hydrogen) atoms. The third-order valence-corrected chi connectivity index (χ3v) is 4.34. The van der Waals surface area contributed by atoms with Crippen LogP contribution in [0.3, 0.4) is 0 Å². The average molecular weight is 290 g/mol. The molecule has 0 aliphatic rings. The van der Waals surface area contributed by atoms with Gasteiger partial charge in [-0.1, -0.05) is 25.5 Å². The van der Waals surface area contributed by atoms with E-state index in [-0.39, 0.29) is 0 Å². The van der Waals surface area contributed by atoms with Crippen LogP contribution in [0.4, 0.5) is 0 Å². The molecule has 0 unspecified atom stereocenters. The van der Waals surface area contributed by atoms with Crippen LogP contribution >= 0.6 is 0 Å². The Kier molecular flexibility index (Phi) is 4.19. The highest BCUT2D eigenvalue weighted by atomic mass is 14.7. The van der Waals surface area contributed by atoms with Gasteiger partial charge in [-0.2, -0.15) is 0 Å². The maximum atomic E-state index is 4.80. The fourth-order valence-electron chi connectivity index (χ4n) is 3.08. The highest BCUT2D eigenvalue weighted by molar-refractivity contribution is 5.80. The lowest BCUT2D eigenvalue weighted by Crippen LogP contribution is -1.97. The number of benzene rings is 1. The first-order chi connectivity index (χ1) is 10.7. The fourth-order valence-corrected chi connectivity index (χ4v) is 3.08. The van der Waals surface area contributed by atoms with Crippen molar-refractivity contribution in [1.82, 2.24) is 9.97 Å². The van der Waals surface area contributed by atoms with Crippen molar-refractivity contribution in [2.75, 3.05) is 0 Å². The summed E-state index contributed by atoms with van der Waals surface area (Å²) in [5.74, 6) is 0.628. The van der Waals surface area contributed by atoms with Gasteiger partial charge in [-0.3, -0.25) is 4.98 Å². The molecule has 2 aromatic heterocycles. The van der Waals surface area contributed by atoms with E-state index in [1.807, 2.05) is 12.3 Å². The van der Waals surface area contributed by atoms with Gasteiger partial charge in [0.05, 0.1) is 11.2 Å². The van der Waals surface area contributed by atoms with E-state index in [0.717, 1.165) is 16.6 Å². The molecule has 2 heterocycles. The van der Waals surface area contributed by atoms with Gasteiger partial charge in [0.25, 0.3) is 0 Å². The molecule has 2 nitrogen and oxygen atoms in total. The second-order valence-electron chi connectivity index (χ2n) is 5.91. The van der Waals surface area contributed by atoms with Gasteiger partial charge in [-0.15, -0.1) is 0 Å². The molecule has 0 atom stereocenters. The van der Waals surface area contributed by atoms with Crippen LogP contribution in [0.2, 0.25) is 0 Å². The number of hydrogen-bond donors (Lipinski definition) is 0. The van der Waals surface area contributed by atoms with Gasteiger partial charge < -0.3 is 0 Å². The molecule has 0 aliphatic carbocycles. The van der Waals surface area contributed by atoms with E-state index in [1.54, 1.807) is 6.20 Å². The third kappa shape index (κ3) is 2.87. The van der Waals surface area contributed by atoms with Crippen molar-refractivity contribution in [2.24, 2.45) is 0 Å². The van der Waals surface area contributed by atoms with Crippen LogP contribution in [0.5, 0.6) is 0 Å². The Morgan fingerprint density at radius 2 is 1.82 bits per heavy atom. The first kappa shape index (κ1) is 14.7. The number of pyridine rings is 2. The van der Waals surface area contributed by atoms with Gasteiger partial charge in [0.2, 0.25) is 0 Å². The summed E-state index contributed by atoms with van der Waals surface area (Å²) in [6, 6.07) is 13.0. The molecule has 3 aromatic rings. The second kappa shape index (κ2) is 6.27. The molecule has 0 aliphatic heterocycles. The Hall–Kier alpha value is -2.22. The molecule has 0 saturated carbocycles. The summed E-state index contributed by atoms with van der Waals surface area (Å²) in [6.07, 6.45) is 6.01. The number of nitrogens with zero attached hydrogens (tertiary/aromatic N) is 2. The molecule has 0 radical (unpaired) electrons. The number of hydrogen-bond acceptors (Lipinski definition) is 2. The van der Waals surface area contributed by atoms with Crippen LogP contribution < -0.4 is 0 Å². The first-order valence-electron chi connectivity index (χ1n) is 8.04. The molecule has 0 fully saturated rings. The maximum Gasteiger partial charge on any atom is 0.0740 e. The third-order valence-electron chi connectivity index (χ3n) is 4.34. The van der Waals surface area contributed by atoms with E-state index in [0.29, 0.717) is 5.92 Å². The molecule has 3 rings (SSSR count). The second-order valence-corrected chi connectivity index (χ2v) is 5.91.